The van der Waals surface area contributed by atoms with Crippen LogP contribution in [-0.2, 0) is 6.54 Å². The highest BCUT2D eigenvalue weighted by atomic mass is 35.5. The maximum atomic E-state index is 5.96. The molecule has 0 atom stereocenters. The fourth-order valence-corrected chi connectivity index (χ4v) is 3.09. The Balaban J connectivity index is 1.69. The Morgan fingerprint density at radius 3 is 2.37 bits per heavy atom. The summed E-state index contributed by atoms with van der Waals surface area (Å²) in [4.78, 5) is 0. The van der Waals surface area contributed by atoms with Crippen LogP contribution in [0.4, 0.5) is 11.4 Å². The van der Waals surface area contributed by atoms with Crippen molar-refractivity contribution in [3.05, 3.63) is 70.5 Å². The average molecular weight is 401 g/mol. The third-order valence-corrected chi connectivity index (χ3v) is 4.67. The molecule has 0 amide bonds. The van der Waals surface area contributed by atoms with E-state index in [1.165, 1.54) is 0 Å². The maximum Gasteiger partial charge on any atom is 0.175 e. The highest BCUT2D eigenvalue weighted by molar-refractivity contribution is 7.80. The molecule has 140 valence electrons. The Hall–Kier alpha value is -2.57. The van der Waals surface area contributed by atoms with Crippen molar-refractivity contribution < 1.29 is 4.74 Å². The molecule has 3 rings (SSSR count). The number of benzene rings is 2. The van der Waals surface area contributed by atoms with E-state index in [0.29, 0.717) is 11.7 Å². The number of ether oxygens (including phenoxy) is 1. The predicted octanol–water partition coefficient (Wildman–Crippen LogP) is 5.02. The molecule has 5 nitrogen and oxygen atoms in total. The second-order valence-corrected chi connectivity index (χ2v) is 6.98. The van der Waals surface area contributed by atoms with Crippen molar-refractivity contribution >= 4 is 40.3 Å². The smallest absolute Gasteiger partial charge is 0.175 e. The first-order valence-corrected chi connectivity index (χ1v) is 9.25. The van der Waals surface area contributed by atoms with E-state index in [1.807, 2.05) is 67.1 Å². The third-order valence-electron chi connectivity index (χ3n) is 4.21. The van der Waals surface area contributed by atoms with E-state index in [2.05, 4.69) is 15.7 Å². The molecule has 0 aliphatic rings. The normalized spacial score (nSPS) is 10.5. The van der Waals surface area contributed by atoms with Gasteiger partial charge in [0, 0.05) is 10.7 Å². The van der Waals surface area contributed by atoms with E-state index in [1.54, 1.807) is 7.11 Å². The molecule has 0 radical (unpaired) electrons. The molecule has 7 heteroatoms. The molecule has 3 aromatic rings. The van der Waals surface area contributed by atoms with Gasteiger partial charge in [-0.1, -0.05) is 23.7 Å². The molecule has 2 N–H and O–H groups in total. The molecule has 0 aliphatic carbocycles. The molecule has 0 saturated heterocycles. The average Bonchev–Trinajstić information content (AvgIpc) is 2.91. The zero-order chi connectivity index (χ0) is 19.4. The molecule has 0 fully saturated rings. The highest BCUT2D eigenvalue weighted by Gasteiger charge is 2.13. The number of thiocarbonyl (C=S) groups is 1. The number of anilines is 2. The Morgan fingerprint density at radius 2 is 1.74 bits per heavy atom. The minimum atomic E-state index is 0.511. The van der Waals surface area contributed by atoms with E-state index in [-0.39, 0.29) is 0 Å². The number of rotatable bonds is 5. The van der Waals surface area contributed by atoms with Crippen molar-refractivity contribution in [2.45, 2.75) is 20.4 Å². The summed E-state index contributed by atoms with van der Waals surface area (Å²) in [5.41, 5.74) is 4.84. The Labute approximate surface area is 169 Å². The Bertz CT molecular complexity index is 936. The lowest BCUT2D eigenvalue weighted by molar-refractivity contribution is 0.415. The molecule has 27 heavy (non-hydrogen) atoms. The predicted molar refractivity (Wildman–Crippen MR) is 115 cm³/mol. The molecule has 2 aromatic carbocycles. The fraction of sp³-hybridized carbons (Fsp3) is 0.200. The van der Waals surface area contributed by atoms with Crippen LogP contribution in [-0.4, -0.2) is 22.0 Å². The van der Waals surface area contributed by atoms with Crippen LogP contribution in [0, 0.1) is 13.8 Å². The van der Waals surface area contributed by atoms with Crippen LogP contribution in [0.3, 0.4) is 0 Å². The molecule has 0 spiro atoms. The van der Waals surface area contributed by atoms with Crippen molar-refractivity contribution in [2.75, 3.05) is 17.7 Å². The van der Waals surface area contributed by atoms with Gasteiger partial charge in [-0.2, -0.15) is 5.10 Å². The first kappa shape index (κ1) is 19.2. The third kappa shape index (κ3) is 4.78. The van der Waals surface area contributed by atoms with E-state index in [9.17, 15) is 0 Å². The summed E-state index contributed by atoms with van der Waals surface area (Å²) >= 11 is 11.4. The van der Waals surface area contributed by atoms with Gasteiger partial charge in [0.15, 0.2) is 5.11 Å². The van der Waals surface area contributed by atoms with Crippen LogP contribution < -0.4 is 15.4 Å². The molecule has 0 bridgehead atoms. The van der Waals surface area contributed by atoms with Gasteiger partial charge in [-0.25, -0.2) is 0 Å². The van der Waals surface area contributed by atoms with E-state index in [0.717, 1.165) is 39.1 Å². The van der Waals surface area contributed by atoms with E-state index < -0.39 is 0 Å². The van der Waals surface area contributed by atoms with Gasteiger partial charge < -0.3 is 15.4 Å². The second-order valence-electron chi connectivity index (χ2n) is 6.14. The van der Waals surface area contributed by atoms with E-state index in [4.69, 9.17) is 28.6 Å². The number of aromatic nitrogens is 2. The monoisotopic (exact) mass is 400 g/mol. The number of aryl methyl sites for hydroxylation is 1. The van der Waals surface area contributed by atoms with Gasteiger partial charge in [0.25, 0.3) is 0 Å². The van der Waals surface area contributed by atoms with Crippen molar-refractivity contribution in [1.82, 2.24) is 9.78 Å². The van der Waals surface area contributed by atoms with Crippen molar-refractivity contribution in [2.24, 2.45) is 0 Å². The minimum absolute atomic E-state index is 0.511. The van der Waals surface area contributed by atoms with Gasteiger partial charge >= 0.3 is 0 Å². The van der Waals surface area contributed by atoms with Crippen LogP contribution in [0.2, 0.25) is 5.02 Å². The number of nitrogens with one attached hydrogen (secondary N) is 2. The lowest BCUT2D eigenvalue weighted by Crippen LogP contribution is -2.20. The summed E-state index contributed by atoms with van der Waals surface area (Å²) in [7, 11) is 1.64. The topological polar surface area (TPSA) is 51.1 Å². The van der Waals surface area contributed by atoms with Crippen LogP contribution >= 0.6 is 23.8 Å². The number of methoxy groups -OCH3 is 1. The first-order chi connectivity index (χ1) is 13.0. The van der Waals surface area contributed by atoms with Crippen LogP contribution in [0.15, 0.2) is 48.5 Å². The van der Waals surface area contributed by atoms with Crippen LogP contribution in [0.5, 0.6) is 5.75 Å². The summed E-state index contributed by atoms with van der Waals surface area (Å²) in [6, 6.07) is 15.4. The summed E-state index contributed by atoms with van der Waals surface area (Å²) in [5.74, 6) is 0.801. The zero-order valence-electron chi connectivity index (χ0n) is 15.4. The molecule has 0 aliphatic heterocycles. The minimum Gasteiger partial charge on any atom is -0.497 e. The van der Waals surface area contributed by atoms with Crippen LogP contribution in [0.25, 0.3) is 0 Å². The number of hydrogen-bond donors (Lipinski definition) is 2. The molecular weight excluding hydrogens is 380 g/mol. The van der Waals surface area contributed by atoms with Crippen molar-refractivity contribution in [3.63, 3.8) is 0 Å². The van der Waals surface area contributed by atoms with Crippen molar-refractivity contribution in [3.8, 4) is 5.75 Å². The summed E-state index contributed by atoms with van der Waals surface area (Å²) in [5, 5.41) is 12.3. The number of hydrogen-bond acceptors (Lipinski definition) is 3. The summed E-state index contributed by atoms with van der Waals surface area (Å²) < 4.78 is 7.12. The van der Waals surface area contributed by atoms with Gasteiger partial charge in [0.2, 0.25) is 0 Å². The summed E-state index contributed by atoms with van der Waals surface area (Å²) in [6.45, 7) is 4.65. The lowest BCUT2D eigenvalue weighted by Gasteiger charge is -2.12. The number of nitrogens with zero attached hydrogens (tertiary/aromatic N) is 2. The van der Waals surface area contributed by atoms with Gasteiger partial charge in [-0.3, -0.25) is 4.68 Å². The Morgan fingerprint density at radius 1 is 1.07 bits per heavy atom. The standard InChI is InChI=1S/C20H21ClN4OS/c1-13-19(23-20(27)22-17-8-10-18(26-3)11-9-17)14(2)25(24-13)12-15-4-6-16(21)7-5-15/h4-11H,12H2,1-3H3,(H2,22,23,27). The Kier molecular flexibility index (Phi) is 5.98. The van der Waals surface area contributed by atoms with Gasteiger partial charge in [0.05, 0.1) is 30.7 Å². The van der Waals surface area contributed by atoms with Crippen molar-refractivity contribution in [1.29, 1.82) is 0 Å². The molecule has 1 heterocycles. The summed E-state index contributed by atoms with van der Waals surface area (Å²) in [6.07, 6.45) is 0. The van der Waals surface area contributed by atoms with Crippen LogP contribution in [0.1, 0.15) is 17.0 Å². The van der Waals surface area contributed by atoms with E-state index >= 15 is 0 Å². The molecule has 1 aromatic heterocycles. The second kappa shape index (κ2) is 8.41. The quantitative estimate of drug-likeness (QED) is 0.589. The SMILES string of the molecule is COc1ccc(NC(=S)Nc2c(C)nn(Cc3ccc(Cl)cc3)c2C)cc1. The lowest BCUT2D eigenvalue weighted by atomic mass is 10.2. The molecule has 0 saturated carbocycles. The van der Waals surface area contributed by atoms with Gasteiger partial charge in [-0.05, 0) is 68.0 Å². The van der Waals surface area contributed by atoms with Gasteiger partial charge in [0.1, 0.15) is 5.75 Å². The highest BCUT2D eigenvalue weighted by Crippen LogP contribution is 2.22. The molecule has 0 unspecified atom stereocenters. The maximum absolute atomic E-state index is 5.96. The fourth-order valence-electron chi connectivity index (χ4n) is 2.74. The molecular formula is C20H21ClN4OS. The first-order valence-electron chi connectivity index (χ1n) is 8.47. The zero-order valence-corrected chi connectivity index (χ0v) is 17.0. The largest absolute Gasteiger partial charge is 0.497 e. The van der Waals surface area contributed by atoms with Gasteiger partial charge in [-0.15, -0.1) is 0 Å². The number of halogens is 1.